The van der Waals surface area contributed by atoms with Crippen molar-refractivity contribution < 1.29 is 4.79 Å². The van der Waals surface area contributed by atoms with E-state index in [1.54, 1.807) is 35.1 Å². The van der Waals surface area contributed by atoms with E-state index in [0.717, 1.165) is 44.4 Å². The number of hydrogen-bond donors (Lipinski definition) is 0. The lowest BCUT2D eigenvalue weighted by Gasteiger charge is -2.20. The minimum Gasteiger partial charge on any atom is -0.310 e. The first-order valence-electron chi connectivity index (χ1n) is 9.97. The molecule has 0 aliphatic heterocycles. The Labute approximate surface area is 189 Å². The minimum absolute atomic E-state index is 0.103. The maximum Gasteiger partial charge on any atom is 0.276 e. The van der Waals surface area contributed by atoms with Crippen LogP contribution < -0.4 is 4.90 Å². The van der Waals surface area contributed by atoms with Crippen molar-refractivity contribution >= 4 is 38.6 Å². The summed E-state index contributed by atoms with van der Waals surface area (Å²) in [6.45, 7) is 6.61. The van der Waals surface area contributed by atoms with Crippen molar-refractivity contribution in [2.24, 2.45) is 0 Å². The summed E-state index contributed by atoms with van der Waals surface area (Å²) in [5, 5.41) is 4.96. The fraction of sp³-hybridized carbons (Fsp3) is 0.261. The number of aromatic nitrogens is 5. The van der Waals surface area contributed by atoms with E-state index in [4.69, 9.17) is 4.98 Å². The third-order valence-electron chi connectivity index (χ3n) is 5.22. The summed E-state index contributed by atoms with van der Waals surface area (Å²) in [5.41, 5.74) is 6.91. The van der Waals surface area contributed by atoms with E-state index in [1.165, 1.54) is 0 Å². The molecule has 4 rings (SSSR count). The normalized spacial score (nSPS) is 11.1. The SMILES string of the molecule is Cc1cc(C)c2nc(-c3ccc(N(C)C(=O)c4ccnn4CCBr)c(C)c3)ncc2n1. The maximum absolute atomic E-state index is 13.0. The number of aryl methyl sites for hydroxylation is 4. The van der Waals surface area contributed by atoms with Crippen LogP contribution in [-0.4, -0.2) is 43.0 Å². The van der Waals surface area contributed by atoms with E-state index in [2.05, 4.69) is 31.0 Å². The fourth-order valence-corrected chi connectivity index (χ4v) is 4.05. The quantitative estimate of drug-likeness (QED) is 0.395. The highest BCUT2D eigenvalue weighted by Gasteiger charge is 2.19. The fourth-order valence-electron chi connectivity index (χ4n) is 3.72. The molecule has 31 heavy (non-hydrogen) atoms. The van der Waals surface area contributed by atoms with Gasteiger partial charge < -0.3 is 4.90 Å². The van der Waals surface area contributed by atoms with Crippen molar-refractivity contribution in [2.45, 2.75) is 27.3 Å². The first-order chi connectivity index (χ1) is 14.9. The number of carbonyl (C=O) groups excluding carboxylic acids is 1. The van der Waals surface area contributed by atoms with Gasteiger partial charge in [0.15, 0.2) is 5.82 Å². The van der Waals surface area contributed by atoms with Crippen LogP contribution in [0.15, 0.2) is 42.7 Å². The standard InChI is InChI=1S/C23H23BrN6O/c1-14-12-17(22-25-13-18-21(28-22)15(2)11-16(3)27-18)5-6-19(14)29(4)23(31)20-7-9-26-30(20)10-8-24/h5-7,9,11-13H,8,10H2,1-4H3. The molecule has 3 aromatic heterocycles. The van der Waals surface area contributed by atoms with Crippen molar-refractivity contribution in [3.63, 3.8) is 0 Å². The molecule has 3 heterocycles. The Morgan fingerprint density at radius 3 is 2.65 bits per heavy atom. The summed E-state index contributed by atoms with van der Waals surface area (Å²) in [6, 6.07) is 9.65. The smallest absolute Gasteiger partial charge is 0.276 e. The molecule has 0 aliphatic carbocycles. The number of alkyl halides is 1. The predicted molar refractivity (Wildman–Crippen MR) is 126 cm³/mol. The van der Waals surface area contributed by atoms with E-state index in [1.807, 2.05) is 45.0 Å². The number of benzene rings is 1. The second-order valence-electron chi connectivity index (χ2n) is 7.50. The van der Waals surface area contributed by atoms with Crippen molar-refractivity contribution in [3.8, 4) is 11.4 Å². The zero-order valence-corrected chi connectivity index (χ0v) is 19.5. The molecule has 0 saturated heterocycles. The number of rotatable bonds is 5. The van der Waals surface area contributed by atoms with Crippen LogP contribution in [0.4, 0.5) is 5.69 Å². The average Bonchev–Trinajstić information content (AvgIpc) is 3.21. The molecule has 0 aliphatic rings. The summed E-state index contributed by atoms with van der Waals surface area (Å²) in [6.07, 6.45) is 3.41. The first-order valence-corrected chi connectivity index (χ1v) is 11.1. The molecule has 0 N–H and O–H groups in total. The number of hydrogen-bond acceptors (Lipinski definition) is 5. The van der Waals surface area contributed by atoms with Crippen LogP contribution in [0.2, 0.25) is 0 Å². The number of nitrogens with zero attached hydrogens (tertiary/aromatic N) is 6. The third kappa shape index (κ3) is 4.07. The molecule has 8 heteroatoms. The molecule has 0 saturated carbocycles. The van der Waals surface area contributed by atoms with Gasteiger partial charge in [0.05, 0.1) is 18.3 Å². The molecule has 7 nitrogen and oxygen atoms in total. The Bertz CT molecular complexity index is 1280. The van der Waals surface area contributed by atoms with Gasteiger partial charge >= 0.3 is 0 Å². The van der Waals surface area contributed by atoms with Gasteiger partial charge in [-0.25, -0.2) is 15.0 Å². The molecule has 0 bridgehead atoms. The Morgan fingerprint density at radius 1 is 1.10 bits per heavy atom. The summed E-state index contributed by atoms with van der Waals surface area (Å²) < 4.78 is 1.71. The highest BCUT2D eigenvalue weighted by molar-refractivity contribution is 9.09. The second-order valence-corrected chi connectivity index (χ2v) is 8.29. The van der Waals surface area contributed by atoms with Crippen LogP contribution in [0.5, 0.6) is 0 Å². The molecule has 1 amide bonds. The number of halogens is 1. The largest absolute Gasteiger partial charge is 0.310 e. The van der Waals surface area contributed by atoms with Crippen LogP contribution in [0.25, 0.3) is 22.4 Å². The number of fused-ring (bicyclic) bond motifs is 1. The second kappa shape index (κ2) is 8.55. The van der Waals surface area contributed by atoms with Crippen molar-refractivity contribution in [3.05, 3.63) is 65.2 Å². The highest BCUT2D eigenvalue weighted by Crippen LogP contribution is 2.27. The summed E-state index contributed by atoms with van der Waals surface area (Å²) in [5.74, 6) is 0.536. The lowest BCUT2D eigenvalue weighted by atomic mass is 10.1. The number of pyridine rings is 1. The zero-order chi connectivity index (χ0) is 22.1. The number of carbonyl (C=O) groups is 1. The molecule has 0 atom stereocenters. The van der Waals surface area contributed by atoms with Gasteiger partial charge in [0.25, 0.3) is 5.91 Å². The molecule has 158 valence electrons. The first kappa shape index (κ1) is 21.1. The van der Waals surface area contributed by atoms with Gasteiger partial charge in [-0.2, -0.15) is 5.10 Å². The molecule has 0 spiro atoms. The molecule has 1 aromatic carbocycles. The van der Waals surface area contributed by atoms with Gasteiger partial charge in [-0.3, -0.25) is 9.48 Å². The lowest BCUT2D eigenvalue weighted by molar-refractivity contribution is 0.0982. The van der Waals surface area contributed by atoms with E-state index in [-0.39, 0.29) is 5.91 Å². The Kier molecular flexibility index (Phi) is 5.82. The maximum atomic E-state index is 13.0. The average molecular weight is 479 g/mol. The van der Waals surface area contributed by atoms with Crippen LogP contribution in [0.1, 0.15) is 27.3 Å². The molecule has 0 unspecified atom stereocenters. The molecular formula is C23H23BrN6O. The van der Waals surface area contributed by atoms with E-state index in [9.17, 15) is 4.79 Å². The van der Waals surface area contributed by atoms with E-state index < -0.39 is 0 Å². The molecule has 0 fully saturated rings. The third-order valence-corrected chi connectivity index (χ3v) is 5.57. The Balaban J connectivity index is 1.66. The summed E-state index contributed by atoms with van der Waals surface area (Å²) in [4.78, 5) is 28.5. The van der Waals surface area contributed by atoms with Crippen molar-refractivity contribution in [2.75, 3.05) is 17.3 Å². The van der Waals surface area contributed by atoms with Crippen molar-refractivity contribution in [1.82, 2.24) is 24.7 Å². The Hall–Kier alpha value is -3.13. The van der Waals surface area contributed by atoms with Gasteiger partial charge in [-0.1, -0.05) is 15.9 Å². The topological polar surface area (TPSA) is 76.8 Å². The minimum atomic E-state index is -0.103. The number of anilines is 1. The Morgan fingerprint density at radius 2 is 1.90 bits per heavy atom. The van der Waals surface area contributed by atoms with Crippen LogP contribution in [0, 0.1) is 20.8 Å². The van der Waals surface area contributed by atoms with Crippen molar-refractivity contribution in [1.29, 1.82) is 0 Å². The molecular weight excluding hydrogens is 456 g/mol. The van der Waals surface area contributed by atoms with Crippen LogP contribution in [0.3, 0.4) is 0 Å². The lowest BCUT2D eigenvalue weighted by Crippen LogP contribution is -2.29. The molecule has 0 radical (unpaired) electrons. The van der Waals surface area contributed by atoms with Crippen LogP contribution in [-0.2, 0) is 6.54 Å². The number of amides is 1. The zero-order valence-electron chi connectivity index (χ0n) is 17.9. The van der Waals surface area contributed by atoms with Gasteiger partial charge in [0.2, 0.25) is 0 Å². The monoisotopic (exact) mass is 478 g/mol. The van der Waals surface area contributed by atoms with Gasteiger partial charge in [-0.05, 0) is 62.2 Å². The predicted octanol–water partition coefficient (Wildman–Crippen LogP) is 4.49. The summed E-state index contributed by atoms with van der Waals surface area (Å²) in [7, 11) is 1.78. The molecule has 4 aromatic rings. The van der Waals surface area contributed by atoms with Gasteiger partial charge in [-0.15, -0.1) is 0 Å². The van der Waals surface area contributed by atoms with Gasteiger partial charge in [0.1, 0.15) is 11.2 Å². The van der Waals surface area contributed by atoms with E-state index in [0.29, 0.717) is 18.1 Å². The summed E-state index contributed by atoms with van der Waals surface area (Å²) >= 11 is 3.40. The van der Waals surface area contributed by atoms with E-state index >= 15 is 0 Å². The van der Waals surface area contributed by atoms with Crippen LogP contribution >= 0.6 is 15.9 Å². The highest BCUT2D eigenvalue weighted by atomic mass is 79.9. The van der Waals surface area contributed by atoms with Gasteiger partial charge in [0, 0.05) is 35.5 Å².